The molecule has 0 radical (unpaired) electrons. The molecule has 2 atom stereocenters. The molecule has 2 fully saturated rings. The number of carbonyl (C=O) groups is 2. The number of pyridine rings is 1. The molecule has 4 aromatic rings. The second-order valence-electron chi connectivity index (χ2n) is 9.08. The molecular formula is C24H24N8O2. The zero-order valence-electron chi connectivity index (χ0n) is 18.7. The van der Waals surface area contributed by atoms with Crippen molar-refractivity contribution in [2.45, 2.75) is 50.6 Å². The average molecular weight is 457 g/mol. The van der Waals surface area contributed by atoms with Crippen LogP contribution in [-0.2, 0) is 4.79 Å². The summed E-state index contributed by atoms with van der Waals surface area (Å²) in [5.74, 6) is 0.915. The minimum absolute atomic E-state index is 0.0575. The summed E-state index contributed by atoms with van der Waals surface area (Å²) in [6.07, 6.45) is 11.4. The van der Waals surface area contributed by atoms with Crippen LogP contribution in [0, 0.1) is 0 Å². The molecule has 6 rings (SSSR count). The lowest BCUT2D eigenvalue weighted by Gasteiger charge is -2.36. The minimum atomic E-state index is -0.131. The normalized spacial score (nSPS) is 21.8. The maximum Gasteiger partial charge on any atom is 0.210 e. The van der Waals surface area contributed by atoms with E-state index in [0.717, 1.165) is 48.9 Å². The summed E-state index contributed by atoms with van der Waals surface area (Å²) >= 11 is 0. The Morgan fingerprint density at radius 2 is 1.97 bits per heavy atom. The number of ketones is 1. The van der Waals surface area contributed by atoms with E-state index in [1.165, 1.54) is 11.4 Å². The van der Waals surface area contributed by atoms with E-state index in [4.69, 9.17) is 10.7 Å². The van der Waals surface area contributed by atoms with Crippen LogP contribution in [0.15, 0.2) is 36.9 Å². The number of aromatic nitrogens is 6. The van der Waals surface area contributed by atoms with E-state index < -0.39 is 0 Å². The predicted molar refractivity (Wildman–Crippen MR) is 125 cm³/mol. The fourth-order valence-electron chi connectivity index (χ4n) is 5.60. The van der Waals surface area contributed by atoms with Gasteiger partial charge >= 0.3 is 0 Å². The van der Waals surface area contributed by atoms with Gasteiger partial charge in [-0.15, -0.1) is 0 Å². The molecule has 2 unspecified atom stereocenters. The Balaban J connectivity index is 1.45. The first-order valence-electron chi connectivity index (χ1n) is 11.4. The smallest absolute Gasteiger partial charge is 0.210 e. The summed E-state index contributed by atoms with van der Waals surface area (Å²) in [6, 6.07) is 4.20. The highest BCUT2D eigenvalue weighted by atomic mass is 16.1. The zero-order chi connectivity index (χ0) is 23.4. The molecule has 6 heterocycles. The van der Waals surface area contributed by atoms with Crippen LogP contribution in [0.5, 0.6) is 0 Å². The van der Waals surface area contributed by atoms with Crippen molar-refractivity contribution in [1.82, 2.24) is 34.4 Å². The van der Waals surface area contributed by atoms with Crippen molar-refractivity contribution >= 4 is 23.7 Å². The first-order chi connectivity index (χ1) is 16.5. The van der Waals surface area contributed by atoms with Crippen LogP contribution < -0.4 is 5.73 Å². The van der Waals surface area contributed by atoms with Gasteiger partial charge in [0.1, 0.15) is 11.5 Å². The quantitative estimate of drug-likeness (QED) is 0.348. The molecule has 3 N–H and O–H groups in total. The number of nitrogen functional groups attached to an aromatic ring is 1. The van der Waals surface area contributed by atoms with Gasteiger partial charge in [0.2, 0.25) is 6.41 Å². The Kier molecular flexibility index (Phi) is 4.68. The van der Waals surface area contributed by atoms with Gasteiger partial charge in [0.15, 0.2) is 17.3 Å². The second kappa shape index (κ2) is 7.75. The number of carbonyl (C=O) groups excluding carboxylic acids is 2. The van der Waals surface area contributed by atoms with Crippen LogP contribution in [0.2, 0.25) is 0 Å². The number of nitrogens with one attached hydrogen (secondary N) is 1. The molecule has 10 nitrogen and oxygen atoms in total. The molecular weight excluding hydrogens is 432 g/mol. The van der Waals surface area contributed by atoms with Crippen molar-refractivity contribution in [2.75, 3.05) is 5.73 Å². The van der Waals surface area contributed by atoms with Gasteiger partial charge in [0.25, 0.3) is 0 Å². The molecule has 0 aromatic carbocycles. The number of H-pyrrole nitrogens is 1. The number of aromatic amines is 1. The van der Waals surface area contributed by atoms with E-state index in [1.807, 2.05) is 17.0 Å². The van der Waals surface area contributed by atoms with Crippen molar-refractivity contribution in [1.29, 1.82) is 0 Å². The molecule has 2 aliphatic rings. The summed E-state index contributed by atoms with van der Waals surface area (Å²) in [6.45, 7) is 1.51. The monoisotopic (exact) mass is 456 g/mol. The molecule has 0 aliphatic carbocycles. The van der Waals surface area contributed by atoms with E-state index in [0.29, 0.717) is 28.5 Å². The molecule has 2 aliphatic heterocycles. The number of anilines is 1. The van der Waals surface area contributed by atoms with Gasteiger partial charge < -0.3 is 15.6 Å². The highest BCUT2D eigenvalue weighted by Gasteiger charge is 2.42. The number of nitrogens with zero attached hydrogens (tertiary/aromatic N) is 6. The molecule has 0 saturated carbocycles. The maximum atomic E-state index is 12.7. The number of imidazole rings is 1. The topological polar surface area (TPSA) is 135 Å². The zero-order valence-corrected chi connectivity index (χ0v) is 18.7. The Bertz CT molecular complexity index is 1380. The number of piperidine rings is 1. The molecule has 2 bridgehead atoms. The lowest BCUT2D eigenvalue weighted by atomic mass is 9.85. The Morgan fingerprint density at radius 1 is 1.18 bits per heavy atom. The number of hydrogen-bond acceptors (Lipinski definition) is 7. The molecule has 172 valence electrons. The van der Waals surface area contributed by atoms with E-state index in [1.54, 1.807) is 24.8 Å². The van der Waals surface area contributed by atoms with Gasteiger partial charge in [-0.05, 0) is 38.7 Å². The van der Waals surface area contributed by atoms with Crippen LogP contribution in [-0.4, -0.2) is 58.7 Å². The van der Waals surface area contributed by atoms with Crippen LogP contribution in [0.25, 0.3) is 28.3 Å². The van der Waals surface area contributed by atoms with Crippen LogP contribution in [0.4, 0.5) is 5.82 Å². The third kappa shape index (κ3) is 3.09. The molecule has 0 spiro atoms. The summed E-state index contributed by atoms with van der Waals surface area (Å²) in [7, 11) is 0. The summed E-state index contributed by atoms with van der Waals surface area (Å²) in [5.41, 5.74) is 10.6. The molecule has 1 amide bonds. The minimum Gasteiger partial charge on any atom is -0.383 e. The van der Waals surface area contributed by atoms with E-state index >= 15 is 0 Å². The molecule has 2 saturated heterocycles. The first kappa shape index (κ1) is 20.5. The van der Waals surface area contributed by atoms with Crippen molar-refractivity contribution < 1.29 is 9.59 Å². The van der Waals surface area contributed by atoms with Gasteiger partial charge in [-0.1, -0.05) is 6.07 Å². The lowest BCUT2D eigenvalue weighted by Crippen LogP contribution is -2.41. The van der Waals surface area contributed by atoms with Crippen molar-refractivity contribution in [2.24, 2.45) is 0 Å². The fourth-order valence-corrected chi connectivity index (χ4v) is 5.60. The van der Waals surface area contributed by atoms with Crippen LogP contribution in [0.3, 0.4) is 0 Å². The number of rotatable bonds is 5. The SMILES string of the molecule is CC(=O)c1c(C2CC3CCC(C2)N3C=O)nc2c(-c3ccc(-c4ncc[nH]4)nc3)cnn2c1N. The fraction of sp³-hybridized carbons (Fsp3) is 0.333. The van der Waals surface area contributed by atoms with Crippen molar-refractivity contribution in [3.8, 4) is 22.6 Å². The summed E-state index contributed by atoms with van der Waals surface area (Å²) < 4.78 is 1.53. The Hall–Kier alpha value is -4.08. The van der Waals surface area contributed by atoms with E-state index in [-0.39, 0.29) is 23.8 Å². The van der Waals surface area contributed by atoms with Crippen LogP contribution >= 0.6 is 0 Å². The maximum absolute atomic E-state index is 12.7. The standard InChI is InChI=1S/C24H24N8O2/c1-13(34)20-21(15-8-16-3-4-17(9-15)31(16)12-33)30-24-18(11-29-32(24)22(20)25)14-2-5-19(28-10-14)23-26-6-7-27-23/h2,5-7,10-12,15-17H,3-4,8-9,25H2,1H3,(H,26,27). The van der Waals surface area contributed by atoms with E-state index in [9.17, 15) is 9.59 Å². The highest BCUT2D eigenvalue weighted by molar-refractivity contribution is 6.00. The number of Topliss-reactive ketones (excluding diaryl/α,β-unsaturated/α-hetero) is 1. The van der Waals surface area contributed by atoms with Gasteiger partial charge in [-0.3, -0.25) is 14.6 Å². The Labute approximate surface area is 195 Å². The van der Waals surface area contributed by atoms with Gasteiger partial charge in [0.05, 0.1) is 17.5 Å². The number of nitrogens with two attached hydrogens (primary N) is 1. The highest BCUT2D eigenvalue weighted by Crippen LogP contribution is 2.43. The second-order valence-corrected chi connectivity index (χ2v) is 9.08. The molecule has 4 aromatic heterocycles. The largest absolute Gasteiger partial charge is 0.383 e. The average Bonchev–Trinajstić information content (AvgIpc) is 3.57. The van der Waals surface area contributed by atoms with Gasteiger partial charge in [-0.25, -0.2) is 9.97 Å². The number of hydrogen-bond donors (Lipinski definition) is 2. The lowest BCUT2D eigenvalue weighted by molar-refractivity contribution is -0.122. The number of amides is 1. The molecule has 34 heavy (non-hydrogen) atoms. The van der Waals surface area contributed by atoms with Gasteiger partial charge in [-0.2, -0.15) is 9.61 Å². The summed E-state index contributed by atoms with van der Waals surface area (Å²) in [4.78, 5) is 42.9. The first-order valence-corrected chi connectivity index (χ1v) is 11.4. The van der Waals surface area contributed by atoms with Crippen LogP contribution in [0.1, 0.15) is 54.6 Å². The number of fused-ring (bicyclic) bond motifs is 3. The van der Waals surface area contributed by atoms with Crippen molar-refractivity contribution in [3.63, 3.8) is 0 Å². The third-order valence-corrected chi connectivity index (χ3v) is 7.18. The van der Waals surface area contributed by atoms with Gasteiger partial charge in [0, 0.05) is 47.7 Å². The molecule has 10 heteroatoms. The van der Waals surface area contributed by atoms with E-state index in [2.05, 4.69) is 20.1 Å². The predicted octanol–water partition coefficient (Wildman–Crippen LogP) is 2.83. The Morgan fingerprint density at radius 3 is 2.59 bits per heavy atom. The summed E-state index contributed by atoms with van der Waals surface area (Å²) in [5, 5.41) is 4.44. The third-order valence-electron chi connectivity index (χ3n) is 7.18. The van der Waals surface area contributed by atoms with Crippen molar-refractivity contribution in [3.05, 3.63) is 48.2 Å².